The van der Waals surface area contributed by atoms with Crippen molar-refractivity contribution < 1.29 is 22.7 Å². The Morgan fingerprint density at radius 3 is 2.82 bits per heavy atom. The molecule has 7 heteroatoms. The highest BCUT2D eigenvalue weighted by Gasteiger charge is 2.39. The van der Waals surface area contributed by atoms with Crippen molar-refractivity contribution in [3.8, 4) is 11.5 Å². The number of ether oxygens (including phenoxy) is 2. The van der Waals surface area contributed by atoms with E-state index in [1.807, 2.05) is 6.07 Å². The van der Waals surface area contributed by atoms with Gasteiger partial charge in [-0.2, -0.15) is 0 Å². The Morgan fingerprint density at radius 2 is 2.09 bits per heavy atom. The van der Waals surface area contributed by atoms with Crippen molar-refractivity contribution in [2.45, 2.75) is 18.9 Å². The Bertz CT molecular complexity index is 740. The summed E-state index contributed by atoms with van der Waals surface area (Å²) in [5, 5.41) is 2.77. The lowest BCUT2D eigenvalue weighted by Crippen LogP contribution is -2.46. The molecule has 1 aromatic carbocycles. The maximum absolute atomic E-state index is 12.0. The van der Waals surface area contributed by atoms with Crippen molar-refractivity contribution in [3.05, 3.63) is 29.8 Å². The molecule has 6 nitrogen and oxygen atoms in total. The van der Waals surface area contributed by atoms with Crippen LogP contribution in [0.5, 0.6) is 11.5 Å². The summed E-state index contributed by atoms with van der Waals surface area (Å²) < 4.78 is 33.5. The zero-order valence-corrected chi connectivity index (χ0v) is 13.0. The molecule has 0 spiro atoms. The molecule has 0 radical (unpaired) electrons. The van der Waals surface area contributed by atoms with Gasteiger partial charge < -0.3 is 14.8 Å². The number of fused-ring (bicyclic) bond motifs is 1. The van der Waals surface area contributed by atoms with Gasteiger partial charge in [-0.15, -0.1) is 0 Å². The van der Waals surface area contributed by atoms with Gasteiger partial charge in [-0.1, -0.05) is 6.07 Å². The highest BCUT2D eigenvalue weighted by Crippen LogP contribution is 2.32. The summed E-state index contributed by atoms with van der Waals surface area (Å²) in [6, 6.07) is 5.39. The third-order valence-corrected chi connectivity index (χ3v) is 5.66. The van der Waals surface area contributed by atoms with Gasteiger partial charge in [-0.25, -0.2) is 8.42 Å². The SMILES string of the molecule is CC1(NC(=O)C=Cc2ccc3c(c2)OCO3)CCS(=O)(=O)C1. The number of nitrogens with one attached hydrogen (secondary N) is 1. The molecule has 3 rings (SSSR count). The molecule has 0 saturated carbocycles. The lowest BCUT2D eigenvalue weighted by atomic mass is 10.0. The molecule has 1 N–H and O–H groups in total. The van der Waals surface area contributed by atoms with Gasteiger partial charge in [0.25, 0.3) is 0 Å². The summed E-state index contributed by atoms with van der Waals surface area (Å²) in [5.41, 5.74) is 0.124. The molecule has 22 heavy (non-hydrogen) atoms. The number of hydrogen-bond acceptors (Lipinski definition) is 5. The minimum Gasteiger partial charge on any atom is -0.454 e. The maximum atomic E-state index is 12.0. The van der Waals surface area contributed by atoms with Crippen LogP contribution in [0.4, 0.5) is 0 Å². The number of amides is 1. The average molecular weight is 323 g/mol. The lowest BCUT2D eigenvalue weighted by molar-refractivity contribution is -0.117. The van der Waals surface area contributed by atoms with E-state index in [1.54, 1.807) is 25.1 Å². The van der Waals surface area contributed by atoms with E-state index in [-0.39, 0.29) is 24.2 Å². The fourth-order valence-corrected chi connectivity index (χ4v) is 4.73. The first-order chi connectivity index (χ1) is 10.4. The lowest BCUT2D eigenvalue weighted by Gasteiger charge is -2.22. The molecule has 1 amide bonds. The summed E-state index contributed by atoms with van der Waals surface area (Å²) in [6.45, 7) is 1.96. The molecular weight excluding hydrogens is 306 g/mol. The first-order valence-corrected chi connectivity index (χ1v) is 8.78. The van der Waals surface area contributed by atoms with Crippen LogP contribution in [0, 0.1) is 0 Å². The molecule has 0 aromatic heterocycles. The molecular formula is C15H17NO5S. The van der Waals surface area contributed by atoms with E-state index in [0.717, 1.165) is 5.56 Å². The van der Waals surface area contributed by atoms with Crippen LogP contribution < -0.4 is 14.8 Å². The average Bonchev–Trinajstić information content (AvgIpc) is 3.00. The highest BCUT2D eigenvalue weighted by molar-refractivity contribution is 7.91. The zero-order valence-electron chi connectivity index (χ0n) is 12.2. The summed E-state index contributed by atoms with van der Waals surface area (Å²) in [6.07, 6.45) is 3.50. The molecule has 2 aliphatic rings. The molecule has 1 saturated heterocycles. The number of hydrogen-bond donors (Lipinski definition) is 1. The normalized spacial score (nSPS) is 25.5. The Morgan fingerprint density at radius 1 is 1.32 bits per heavy atom. The Hall–Kier alpha value is -2.02. The summed E-state index contributed by atoms with van der Waals surface area (Å²) in [5.74, 6) is 1.14. The fourth-order valence-electron chi connectivity index (χ4n) is 2.64. The van der Waals surface area contributed by atoms with Crippen molar-refractivity contribution in [1.29, 1.82) is 0 Å². The molecule has 1 aromatic rings. The minimum absolute atomic E-state index is 0.0103. The van der Waals surface area contributed by atoms with E-state index in [1.165, 1.54) is 6.08 Å². The Labute approximate surface area is 129 Å². The Balaban J connectivity index is 1.64. The number of carbonyl (C=O) groups is 1. The zero-order chi connectivity index (χ0) is 15.8. The minimum atomic E-state index is -3.04. The van der Waals surface area contributed by atoms with Crippen LogP contribution in [0.25, 0.3) is 6.08 Å². The number of sulfone groups is 1. The molecule has 1 unspecified atom stereocenters. The van der Waals surface area contributed by atoms with Gasteiger partial charge in [0.15, 0.2) is 21.3 Å². The molecule has 0 aliphatic carbocycles. The van der Waals surface area contributed by atoms with Crippen LogP contribution in [-0.2, 0) is 14.6 Å². The summed E-state index contributed by atoms with van der Waals surface area (Å²) >= 11 is 0. The first kappa shape index (κ1) is 14.9. The molecule has 1 fully saturated rings. The molecule has 0 bridgehead atoms. The van der Waals surface area contributed by atoms with Crippen molar-refractivity contribution >= 4 is 21.8 Å². The van der Waals surface area contributed by atoms with Crippen LogP contribution in [0.2, 0.25) is 0 Å². The molecule has 1 atom stereocenters. The number of carbonyl (C=O) groups excluding carboxylic acids is 1. The van der Waals surface area contributed by atoms with Crippen LogP contribution in [0.3, 0.4) is 0 Å². The van der Waals surface area contributed by atoms with Gasteiger partial charge in [0, 0.05) is 6.08 Å². The third kappa shape index (κ3) is 3.24. The third-order valence-electron chi connectivity index (χ3n) is 3.75. The van der Waals surface area contributed by atoms with E-state index in [9.17, 15) is 13.2 Å². The van der Waals surface area contributed by atoms with Gasteiger partial charge in [-0.3, -0.25) is 4.79 Å². The van der Waals surface area contributed by atoms with Crippen LogP contribution in [0.1, 0.15) is 18.9 Å². The van der Waals surface area contributed by atoms with E-state index in [2.05, 4.69) is 5.32 Å². The highest BCUT2D eigenvalue weighted by atomic mass is 32.2. The number of benzene rings is 1. The molecule has 118 valence electrons. The largest absolute Gasteiger partial charge is 0.454 e. The first-order valence-electron chi connectivity index (χ1n) is 6.96. The quantitative estimate of drug-likeness (QED) is 0.843. The molecule has 2 heterocycles. The van der Waals surface area contributed by atoms with Crippen LogP contribution in [-0.4, -0.2) is 38.2 Å². The van der Waals surface area contributed by atoms with Crippen LogP contribution >= 0.6 is 0 Å². The predicted octanol–water partition coefficient (Wildman–Crippen LogP) is 1.12. The molecule has 2 aliphatic heterocycles. The van der Waals surface area contributed by atoms with Crippen molar-refractivity contribution in [3.63, 3.8) is 0 Å². The summed E-state index contributed by atoms with van der Waals surface area (Å²) in [4.78, 5) is 12.0. The van der Waals surface area contributed by atoms with Gasteiger partial charge in [-0.05, 0) is 37.1 Å². The van der Waals surface area contributed by atoms with Crippen LogP contribution in [0.15, 0.2) is 24.3 Å². The van der Waals surface area contributed by atoms with Gasteiger partial charge >= 0.3 is 0 Å². The Kier molecular flexibility index (Phi) is 3.60. The fraction of sp³-hybridized carbons (Fsp3) is 0.400. The van der Waals surface area contributed by atoms with Gasteiger partial charge in [0.1, 0.15) is 0 Å². The number of rotatable bonds is 3. The van der Waals surface area contributed by atoms with Crippen molar-refractivity contribution in [2.24, 2.45) is 0 Å². The monoisotopic (exact) mass is 323 g/mol. The second kappa shape index (κ2) is 5.31. The summed E-state index contributed by atoms with van der Waals surface area (Å²) in [7, 11) is -3.04. The van der Waals surface area contributed by atoms with Crippen molar-refractivity contribution in [1.82, 2.24) is 5.32 Å². The standard InChI is InChI=1S/C15H17NO5S/c1-15(6-7-22(18,19)9-15)16-14(17)5-3-11-2-4-12-13(8-11)21-10-20-12/h2-5,8H,6-7,9-10H2,1H3,(H,16,17). The maximum Gasteiger partial charge on any atom is 0.244 e. The second-order valence-corrected chi connectivity index (χ2v) is 8.02. The van der Waals surface area contributed by atoms with Crippen molar-refractivity contribution in [2.75, 3.05) is 18.3 Å². The predicted molar refractivity (Wildman–Crippen MR) is 81.4 cm³/mol. The van der Waals surface area contributed by atoms with E-state index >= 15 is 0 Å². The smallest absolute Gasteiger partial charge is 0.244 e. The van der Waals surface area contributed by atoms with E-state index in [4.69, 9.17) is 9.47 Å². The van der Waals surface area contributed by atoms with E-state index < -0.39 is 15.4 Å². The second-order valence-electron chi connectivity index (χ2n) is 5.84. The van der Waals surface area contributed by atoms with E-state index in [0.29, 0.717) is 17.9 Å². The van der Waals surface area contributed by atoms with Gasteiger partial charge in [0.2, 0.25) is 12.7 Å². The van der Waals surface area contributed by atoms with Gasteiger partial charge in [0.05, 0.1) is 17.0 Å². The topological polar surface area (TPSA) is 81.7 Å².